The van der Waals surface area contributed by atoms with Crippen molar-refractivity contribution in [2.75, 3.05) is 9.80 Å². The van der Waals surface area contributed by atoms with E-state index in [-0.39, 0.29) is 5.41 Å². The smallest absolute Gasteiger partial charge is 0.0564 e. The molecule has 0 unspecified atom stereocenters. The Balaban J connectivity index is 1.44. The fourth-order valence-corrected chi connectivity index (χ4v) is 7.15. The van der Waals surface area contributed by atoms with Crippen molar-refractivity contribution in [1.82, 2.24) is 0 Å². The fourth-order valence-electron chi connectivity index (χ4n) is 7.15. The molecule has 0 radical (unpaired) electrons. The van der Waals surface area contributed by atoms with Crippen molar-refractivity contribution in [3.8, 4) is 22.3 Å². The molecular formula is C45H36N2. The summed E-state index contributed by atoms with van der Waals surface area (Å²) in [5, 5.41) is 0. The van der Waals surface area contributed by atoms with Crippen LogP contribution in [0.3, 0.4) is 0 Å². The highest BCUT2D eigenvalue weighted by molar-refractivity contribution is 5.98. The summed E-state index contributed by atoms with van der Waals surface area (Å²) in [6.07, 6.45) is 0. The quantitative estimate of drug-likeness (QED) is 0.179. The number of benzene rings is 7. The summed E-state index contributed by atoms with van der Waals surface area (Å²) in [4.78, 5) is 4.83. The maximum Gasteiger partial charge on any atom is 0.0564 e. The lowest BCUT2D eigenvalue weighted by molar-refractivity contribution is 0.660. The number of hydrogen-bond acceptors (Lipinski definition) is 2. The van der Waals surface area contributed by atoms with Gasteiger partial charge in [0.05, 0.1) is 5.69 Å². The summed E-state index contributed by atoms with van der Waals surface area (Å²) in [7, 11) is 0. The molecule has 226 valence electrons. The van der Waals surface area contributed by atoms with Crippen molar-refractivity contribution >= 4 is 34.1 Å². The van der Waals surface area contributed by atoms with Crippen LogP contribution in [0.5, 0.6) is 0 Å². The molecule has 0 saturated heterocycles. The zero-order valence-electron chi connectivity index (χ0n) is 26.7. The molecule has 7 aromatic rings. The lowest BCUT2D eigenvalue weighted by atomic mass is 9.82. The van der Waals surface area contributed by atoms with Crippen LogP contribution in [0, 0.1) is 0 Å². The third-order valence-electron chi connectivity index (χ3n) is 9.40. The van der Waals surface area contributed by atoms with Crippen LogP contribution in [0.25, 0.3) is 22.3 Å². The monoisotopic (exact) mass is 604 g/mol. The van der Waals surface area contributed by atoms with Crippen LogP contribution in [-0.2, 0) is 5.41 Å². The molecule has 47 heavy (non-hydrogen) atoms. The lowest BCUT2D eigenvalue weighted by Gasteiger charge is -2.33. The van der Waals surface area contributed by atoms with Gasteiger partial charge in [-0.2, -0.15) is 0 Å². The van der Waals surface area contributed by atoms with Crippen molar-refractivity contribution in [3.63, 3.8) is 0 Å². The fraction of sp³-hybridized carbons (Fsp3) is 0.0667. The van der Waals surface area contributed by atoms with Crippen molar-refractivity contribution in [3.05, 3.63) is 193 Å². The summed E-state index contributed by atoms with van der Waals surface area (Å²) in [6, 6.07) is 65.5. The van der Waals surface area contributed by atoms with Gasteiger partial charge in [0.15, 0.2) is 0 Å². The van der Waals surface area contributed by atoms with Gasteiger partial charge in [-0.15, -0.1) is 0 Å². The maximum absolute atomic E-state index is 2.45. The first kappa shape index (κ1) is 28.6. The Morgan fingerprint density at radius 2 is 0.851 bits per heavy atom. The van der Waals surface area contributed by atoms with Crippen LogP contribution >= 0.6 is 0 Å². The van der Waals surface area contributed by atoms with Gasteiger partial charge in [-0.05, 0) is 88.5 Å². The molecule has 2 nitrogen and oxygen atoms in total. The van der Waals surface area contributed by atoms with E-state index in [0.29, 0.717) is 0 Å². The first-order valence-electron chi connectivity index (χ1n) is 16.3. The van der Waals surface area contributed by atoms with Crippen molar-refractivity contribution in [2.45, 2.75) is 19.3 Å². The molecular weight excluding hydrogens is 569 g/mol. The second-order valence-corrected chi connectivity index (χ2v) is 12.7. The zero-order chi connectivity index (χ0) is 31.8. The summed E-state index contributed by atoms with van der Waals surface area (Å²) < 4.78 is 0. The topological polar surface area (TPSA) is 6.48 Å². The lowest BCUT2D eigenvalue weighted by Crippen LogP contribution is -2.18. The predicted molar refractivity (Wildman–Crippen MR) is 199 cm³/mol. The van der Waals surface area contributed by atoms with Crippen molar-refractivity contribution in [1.29, 1.82) is 0 Å². The van der Waals surface area contributed by atoms with Gasteiger partial charge in [-0.1, -0.05) is 135 Å². The van der Waals surface area contributed by atoms with Gasteiger partial charge < -0.3 is 9.80 Å². The van der Waals surface area contributed by atoms with Crippen LogP contribution in [0.4, 0.5) is 34.1 Å². The molecule has 0 heterocycles. The van der Waals surface area contributed by atoms with E-state index in [1.54, 1.807) is 0 Å². The Morgan fingerprint density at radius 3 is 1.47 bits per heavy atom. The van der Waals surface area contributed by atoms with E-state index in [2.05, 4.69) is 206 Å². The minimum Gasteiger partial charge on any atom is -0.310 e. The van der Waals surface area contributed by atoms with Gasteiger partial charge in [0.25, 0.3) is 0 Å². The Labute approximate surface area is 277 Å². The van der Waals surface area contributed by atoms with Gasteiger partial charge >= 0.3 is 0 Å². The number of hydrogen-bond donors (Lipinski definition) is 0. The third kappa shape index (κ3) is 5.09. The van der Waals surface area contributed by atoms with Crippen LogP contribution in [0.1, 0.15) is 25.0 Å². The Hall–Kier alpha value is -5.86. The molecule has 0 N–H and O–H groups in total. The first-order valence-corrected chi connectivity index (χ1v) is 16.3. The summed E-state index contributed by atoms with van der Waals surface area (Å²) >= 11 is 0. The Bertz CT molecular complexity index is 2110. The SMILES string of the molecule is CC1(C)c2ccccc2-c2c(N(c3ccccc3)c3cccc(-c4ccccc4)c3)cc(N(c3ccccc3)c3ccccc3)cc21. The maximum atomic E-state index is 2.45. The highest BCUT2D eigenvalue weighted by atomic mass is 15.2. The number of rotatable bonds is 7. The van der Waals surface area contributed by atoms with E-state index in [1.807, 2.05) is 0 Å². The molecule has 0 amide bonds. The van der Waals surface area contributed by atoms with Gasteiger partial charge in [-0.3, -0.25) is 0 Å². The van der Waals surface area contributed by atoms with E-state index in [4.69, 9.17) is 0 Å². The first-order chi connectivity index (χ1) is 23.1. The molecule has 0 saturated carbocycles. The highest BCUT2D eigenvalue weighted by Crippen LogP contribution is 2.56. The molecule has 8 rings (SSSR count). The van der Waals surface area contributed by atoms with Crippen LogP contribution in [-0.4, -0.2) is 0 Å². The molecule has 2 heteroatoms. The van der Waals surface area contributed by atoms with E-state index in [9.17, 15) is 0 Å². The number of nitrogens with zero attached hydrogens (tertiary/aromatic N) is 2. The van der Waals surface area contributed by atoms with Crippen molar-refractivity contribution in [2.24, 2.45) is 0 Å². The predicted octanol–water partition coefficient (Wildman–Crippen LogP) is 12.6. The van der Waals surface area contributed by atoms with E-state index < -0.39 is 0 Å². The minimum absolute atomic E-state index is 0.190. The molecule has 0 fully saturated rings. The average molecular weight is 605 g/mol. The molecule has 0 aliphatic heterocycles. The molecule has 1 aliphatic rings. The third-order valence-corrected chi connectivity index (χ3v) is 9.40. The largest absolute Gasteiger partial charge is 0.310 e. The molecule has 0 aromatic heterocycles. The second kappa shape index (κ2) is 11.8. The van der Waals surface area contributed by atoms with E-state index in [0.717, 1.165) is 34.1 Å². The van der Waals surface area contributed by atoms with Gasteiger partial charge in [0.1, 0.15) is 0 Å². The summed E-state index contributed by atoms with van der Waals surface area (Å²) in [5.41, 5.74) is 14.2. The second-order valence-electron chi connectivity index (χ2n) is 12.7. The highest BCUT2D eigenvalue weighted by Gasteiger charge is 2.39. The average Bonchev–Trinajstić information content (AvgIpc) is 3.36. The summed E-state index contributed by atoms with van der Waals surface area (Å²) in [6.45, 7) is 4.73. The Kier molecular flexibility index (Phi) is 7.19. The van der Waals surface area contributed by atoms with Crippen molar-refractivity contribution < 1.29 is 0 Å². The van der Waals surface area contributed by atoms with Gasteiger partial charge in [-0.25, -0.2) is 0 Å². The number of fused-ring (bicyclic) bond motifs is 3. The molecule has 0 bridgehead atoms. The molecule has 7 aromatic carbocycles. The number of anilines is 6. The summed E-state index contributed by atoms with van der Waals surface area (Å²) in [5.74, 6) is 0. The van der Waals surface area contributed by atoms with Gasteiger partial charge in [0.2, 0.25) is 0 Å². The van der Waals surface area contributed by atoms with E-state index >= 15 is 0 Å². The zero-order valence-corrected chi connectivity index (χ0v) is 26.7. The van der Waals surface area contributed by atoms with Crippen LogP contribution in [0.15, 0.2) is 182 Å². The number of para-hydroxylation sites is 3. The standard InChI is InChI=1S/C45H36N2/c1-45(2)41-29-16-15-28-40(41)44-42(45)31-39(46(35-21-9-4-10-22-35)36-23-11-5-12-24-36)32-43(44)47(37-25-13-6-14-26-37)38-27-17-20-34(30-38)33-18-7-3-8-19-33/h3-32H,1-2H3. The normalized spacial score (nSPS) is 12.6. The van der Waals surface area contributed by atoms with Gasteiger partial charge in [0, 0.05) is 39.4 Å². The van der Waals surface area contributed by atoms with E-state index in [1.165, 1.54) is 33.4 Å². The van der Waals surface area contributed by atoms with Crippen LogP contribution in [0.2, 0.25) is 0 Å². The minimum atomic E-state index is -0.190. The van der Waals surface area contributed by atoms with Crippen LogP contribution < -0.4 is 9.80 Å². The molecule has 0 spiro atoms. The molecule has 1 aliphatic carbocycles. The Morgan fingerprint density at radius 1 is 0.362 bits per heavy atom. The molecule has 0 atom stereocenters.